The molecule has 0 saturated carbocycles. The van der Waals surface area contributed by atoms with Crippen LogP contribution in [0.5, 0.6) is 0 Å². The number of hydrogen-bond donors (Lipinski definition) is 0. The molecule has 0 radical (unpaired) electrons. The van der Waals surface area contributed by atoms with Crippen molar-refractivity contribution in [2.45, 2.75) is 258 Å². The third kappa shape index (κ3) is 49.7. The van der Waals surface area contributed by atoms with E-state index in [2.05, 4.69) is 93.7 Å². The molecule has 63 heavy (non-hydrogen) atoms. The lowest BCUT2D eigenvalue weighted by molar-refractivity contribution is -0.167. The number of rotatable bonds is 47. The lowest BCUT2D eigenvalue weighted by atomic mass is 10.1. The first kappa shape index (κ1) is 59.9. The summed E-state index contributed by atoms with van der Waals surface area (Å²) in [6, 6.07) is 0. The van der Waals surface area contributed by atoms with Gasteiger partial charge in [-0.25, -0.2) is 0 Å². The Labute approximate surface area is 389 Å². The molecule has 0 aliphatic carbocycles. The Morgan fingerprint density at radius 1 is 0.317 bits per heavy atom. The maximum Gasteiger partial charge on any atom is 0.306 e. The largest absolute Gasteiger partial charge is 0.462 e. The van der Waals surface area contributed by atoms with E-state index in [1.807, 2.05) is 0 Å². The summed E-state index contributed by atoms with van der Waals surface area (Å²) >= 11 is 0. The number of carbonyl (C=O) groups excluding carboxylic acids is 3. The van der Waals surface area contributed by atoms with Gasteiger partial charge in [0.25, 0.3) is 0 Å². The van der Waals surface area contributed by atoms with Crippen LogP contribution in [0.15, 0.2) is 72.9 Å². The second-order valence-electron chi connectivity index (χ2n) is 17.4. The molecule has 0 rings (SSSR count). The van der Waals surface area contributed by atoms with Crippen molar-refractivity contribution in [1.82, 2.24) is 0 Å². The first-order chi connectivity index (χ1) is 31.0. The maximum absolute atomic E-state index is 12.8. The number of unbranched alkanes of at least 4 members (excludes halogenated alkanes) is 24. The highest BCUT2D eigenvalue weighted by molar-refractivity contribution is 5.71. The zero-order valence-electron chi connectivity index (χ0n) is 41.3. The minimum Gasteiger partial charge on any atom is -0.462 e. The molecule has 0 amide bonds. The molecule has 0 aromatic rings. The molecular weight excluding hydrogens is 781 g/mol. The Morgan fingerprint density at radius 2 is 0.571 bits per heavy atom. The highest BCUT2D eigenvalue weighted by Crippen LogP contribution is 2.14. The van der Waals surface area contributed by atoms with Crippen molar-refractivity contribution in [3.8, 4) is 0 Å². The van der Waals surface area contributed by atoms with Crippen molar-refractivity contribution >= 4 is 17.9 Å². The van der Waals surface area contributed by atoms with Gasteiger partial charge < -0.3 is 14.2 Å². The molecule has 0 N–H and O–H groups in total. The monoisotopic (exact) mass is 879 g/mol. The van der Waals surface area contributed by atoms with Crippen molar-refractivity contribution < 1.29 is 28.6 Å². The highest BCUT2D eigenvalue weighted by Gasteiger charge is 2.19. The Hall–Kier alpha value is -3.15. The molecule has 6 heteroatoms. The summed E-state index contributed by atoms with van der Waals surface area (Å²) in [4.78, 5) is 38.0. The van der Waals surface area contributed by atoms with E-state index >= 15 is 0 Å². The first-order valence-corrected chi connectivity index (χ1v) is 26.4. The van der Waals surface area contributed by atoms with E-state index < -0.39 is 6.10 Å². The SMILES string of the molecule is CCCCC/C=C\C/C=C\C/C=C\C/C=C\CCCCCC(=O)OC[C@H](COC(=O)CCCCCCCCCCCCC)OC(=O)CCCCCCC/C=C\C/C=C\CCCCC. The molecule has 0 aromatic carbocycles. The maximum atomic E-state index is 12.8. The smallest absolute Gasteiger partial charge is 0.306 e. The van der Waals surface area contributed by atoms with Gasteiger partial charge in [-0.05, 0) is 96.3 Å². The molecule has 6 nitrogen and oxygen atoms in total. The van der Waals surface area contributed by atoms with E-state index in [-0.39, 0.29) is 31.1 Å². The molecule has 0 aliphatic rings. The van der Waals surface area contributed by atoms with Crippen molar-refractivity contribution in [2.24, 2.45) is 0 Å². The lowest BCUT2D eigenvalue weighted by Crippen LogP contribution is -2.30. The molecule has 0 spiro atoms. The summed E-state index contributed by atoms with van der Waals surface area (Å²) in [5.74, 6) is -0.934. The molecule has 0 unspecified atom stereocenters. The average Bonchev–Trinajstić information content (AvgIpc) is 3.28. The van der Waals surface area contributed by atoms with E-state index in [4.69, 9.17) is 14.2 Å². The summed E-state index contributed by atoms with van der Waals surface area (Å²) < 4.78 is 16.8. The second-order valence-corrected chi connectivity index (χ2v) is 17.4. The molecule has 0 aromatic heterocycles. The van der Waals surface area contributed by atoms with Crippen LogP contribution in [0.2, 0.25) is 0 Å². The fraction of sp³-hybridized carbons (Fsp3) is 0.737. The molecule has 0 heterocycles. The van der Waals surface area contributed by atoms with Crippen LogP contribution in [-0.2, 0) is 28.6 Å². The van der Waals surface area contributed by atoms with Crippen LogP contribution in [0.1, 0.15) is 252 Å². The predicted octanol–water partition coefficient (Wildman–Crippen LogP) is 17.4. The summed E-state index contributed by atoms with van der Waals surface area (Å²) in [7, 11) is 0. The van der Waals surface area contributed by atoms with Crippen LogP contribution < -0.4 is 0 Å². The molecule has 1 atom stereocenters. The van der Waals surface area contributed by atoms with E-state index in [0.717, 1.165) is 109 Å². The van der Waals surface area contributed by atoms with Crippen LogP contribution in [0.25, 0.3) is 0 Å². The van der Waals surface area contributed by atoms with Gasteiger partial charge in [-0.3, -0.25) is 14.4 Å². The van der Waals surface area contributed by atoms with Crippen LogP contribution in [0.3, 0.4) is 0 Å². The third-order valence-electron chi connectivity index (χ3n) is 11.2. The number of hydrogen-bond acceptors (Lipinski definition) is 6. The highest BCUT2D eigenvalue weighted by atomic mass is 16.6. The topological polar surface area (TPSA) is 78.9 Å². The standard InChI is InChI=1S/C57H98O6/c1-4-7-10-13-16-19-22-24-26-27-28-29-31-32-35-38-41-44-47-50-56(59)62-53-54(52-61-55(58)49-46-43-40-37-34-21-18-15-12-9-6-3)63-57(60)51-48-45-42-39-36-33-30-25-23-20-17-14-11-8-5-2/h16-17,19-20,24-26,28-30,32,35,54H,4-15,18,21-23,27,31,33-34,36-53H2,1-3H3/b19-16-,20-17-,26-24-,29-28-,30-25-,35-32-/t54-/m0/s1. The van der Waals surface area contributed by atoms with Crippen molar-refractivity contribution in [3.63, 3.8) is 0 Å². The lowest BCUT2D eigenvalue weighted by Gasteiger charge is -2.18. The van der Waals surface area contributed by atoms with Gasteiger partial charge in [0, 0.05) is 19.3 Å². The normalized spacial score (nSPS) is 12.6. The summed E-state index contributed by atoms with van der Waals surface area (Å²) in [6.07, 6.45) is 64.5. The zero-order valence-corrected chi connectivity index (χ0v) is 41.3. The van der Waals surface area contributed by atoms with Crippen LogP contribution in [0.4, 0.5) is 0 Å². The van der Waals surface area contributed by atoms with Gasteiger partial charge in [0.1, 0.15) is 13.2 Å². The van der Waals surface area contributed by atoms with Gasteiger partial charge >= 0.3 is 17.9 Å². The zero-order chi connectivity index (χ0) is 45.8. The van der Waals surface area contributed by atoms with E-state index in [0.29, 0.717) is 19.3 Å². The fourth-order valence-electron chi connectivity index (χ4n) is 7.16. The van der Waals surface area contributed by atoms with E-state index in [1.54, 1.807) is 0 Å². The summed E-state index contributed by atoms with van der Waals surface area (Å²) in [6.45, 7) is 6.54. The molecule has 0 bridgehead atoms. The van der Waals surface area contributed by atoms with Gasteiger partial charge in [-0.2, -0.15) is 0 Å². The van der Waals surface area contributed by atoms with Crippen LogP contribution >= 0.6 is 0 Å². The fourth-order valence-corrected chi connectivity index (χ4v) is 7.16. The number of carbonyl (C=O) groups is 3. The van der Waals surface area contributed by atoms with Gasteiger partial charge in [-0.1, -0.05) is 209 Å². The van der Waals surface area contributed by atoms with E-state index in [9.17, 15) is 14.4 Å². The molecule has 0 aliphatic heterocycles. The quantitative estimate of drug-likeness (QED) is 0.0262. The average molecular weight is 879 g/mol. The van der Waals surface area contributed by atoms with Gasteiger partial charge in [0.2, 0.25) is 0 Å². The minimum atomic E-state index is -0.793. The summed E-state index contributed by atoms with van der Waals surface area (Å²) in [5.41, 5.74) is 0. The van der Waals surface area contributed by atoms with Crippen LogP contribution in [0, 0.1) is 0 Å². The predicted molar refractivity (Wildman–Crippen MR) is 270 cm³/mol. The van der Waals surface area contributed by atoms with Crippen molar-refractivity contribution in [2.75, 3.05) is 13.2 Å². The number of ether oxygens (including phenoxy) is 3. The summed E-state index contributed by atoms with van der Waals surface area (Å²) in [5, 5.41) is 0. The molecule has 0 saturated heterocycles. The Bertz CT molecular complexity index is 1190. The molecular formula is C57H98O6. The van der Waals surface area contributed by atoms with E-state index in [1.165, 1.54) is 103 Å². The van der Waals surface area contributed by atoms with Gasteiger partial charge in [-0.15, -0.1) is 0 Å². The Balaban J connectivity index is 4.44. The van der Waals surface area contributed by atoms with Gasteiger partial charge in [0.15, 0.2) is 6.10 Å². The van der Waals surface area contributed by atoms with Crippen molar-refractivity contribution in [3.05, 3.63) is 72.9 Å². The molecule has 362 valence electrons. The Morgan fingerprint density at radius 3 is 0.937 bits per heavy atom. The molecule has 0 fully saturated rings. The first-order valence-electron chi connectivity index (χ1n) is 26.4. The van der Waals surface area contributed by atoms with Gasteiger partial charge in [0.05, 0.1) is 0 Å². The second kappa shape index (κ2) is 51.5. The minimum absolute atomic E-state index is 0.0902. The van der Waals surface area contributed by atoms with Crippen LogP contribution in [-0.4, -0.2) is 37.2 Å². The van der Waals surface area contributed by atoms with Crippen molar-refractivity contribution in [1.29, 1.82) is 0 Å². The Kier molecular flexibility index (Phi) is 48.9. The number of allylic oxidation sites excluding steroid dienone is 12. The number of esters is 3. The third-order valence-corrected chi connectivity index (χ3v) is 11.2.